The van der Waals surface area contributed by atoms with E-state index in [1.54, 1.807) is 11.3 Å². The number of rotatable bonds is 4. The molecule has 0 atom stereocenters. The maximum absolute atomic E-state index is 5.36. The minimum absolute atomic E-state index is 0.441. The zero-order chi connectivity index (χ0) is 37.5. The molecule has 5 heteroatoms. The van der Waals surface area contributed by atoms with Gasteiger partial charge in [-0.3, -0.25) is 0 Å². The van der Waals surface area contributed by atoms with Crippen molar-refractivity contribution in [3.05, 3.63) is 210 Å². The second-order valence-electron chi connectivity index (χ2n) is 14.6. The highest BCUT2D eigenvalue weighted by molar-refractivity contribution is 7.99. The highest BCUT2D eigenvalue weighted by atomic mass is 32.2. The summed E-state index contributed by atoms with van der Waals surface area (Å²) >= 11 is 3.66. The van der Waals surface area contributed by atoms with Gasteiger partial charge in [0.15, 0.2) is 17.5 Å². The van der Waals surface area contributed by atoms with Crippen LogP contribution in [0.25, 0.3) is 76.6 Å². The van der Waals surface area contributed by atoms with Crippen molar-refractivity contribution in [1.82, 2.24) is 15.0 Å². The van der Waals surface area contributed by atoms with Crippen molar-refractivity contribution in [2.24, 2.45) is 0 Å². The lowest BCUT2D eigenvalue weighted by atomic mass is 9.67. The number of nitrogens with zero attached hydrogens (tertiary/aromatic N) is 3. The van der Waals surface area contributed by atoms with Gasteiger partial charge in [0.1, 0.15) is 0 Å². The highest BCUT2D eigenvalue weighted by Gasteiger charge is 2.50. The summed E-state index contributed by atoms with van der Waals surface area (Å²) in [4.78, 5) is 18.6. The Kier molecular flexibility index (Phi) is 7.25. The average molecular weight is 762 g/mol. The number of thiophene rings is 1. The van der Waals surface area contributed by atoms with Crippen LogP contribution in [0.1, 0.15) is 22.3 Å². The van der Waals surface area contributed by atoms with Crippen LogP contribution in [0.5, 0.6) is 0 Å². The van der Waals surface area contributed by atoms with Crippen LogP contribution >= 0.6 is 23.1 Å². The molecular formula is C52H31N3S2. The Balaban J connectivity index is 1.11. The average Bonchev–Trinajstić information content (AvgIpc) is 3.80. The van der Waals surface area contributed by atoms with Gasteiger partial charge in [-0.25, -0.2) is 15.0 Å². The topological polar surface area (TPSA) is 38.7 Å². The number of aromatic nitrogens is 3. The van der Waals surface area contributed by atoms with Crippen molar-refractivity contribution in [1.29, 1.82) is 0 Å². The van der Waals surface area contributed by atoms with E-state index >= 15 is 0 Å². The van der Waals surface area contributed by atoms with Gasteiger partial charge in [-0.1, -0.05) is 169 Å². The molecule has 0 saturated carbocycles. The van der Waals surface area contributed by atoms with Crippen molar-refractivity contribution in [3.8, 4) is 56.4 Å². The van der Waals surface area contributed by atoms with E-state index < -0.39 is 5.41 Å². The minimum atomic E-state index is -0.441. The van der Waals surface area contributed by atoms with E-state index in [1.807, 2.05) is 11.8 Å². The normalized spacial score (nSPS) is 13.3. The molecule has 266 valence electrons. The fourth-order valence-corrected chi connectivity index (χ4v) is 11.6. The van der Waals surface area contributed by atoms with E-state index in [0.29, 0.717) is 17.5 Å². The third kappa shape index (κ3) is 4.83. The summed E-state index contributed by atoms with van der Waals surface area (Å²) in [6, 6.07) is 67.7. The molecule has 0 saturated heterocycles. The summed E-state index contributed by atoms with van der Waals surface area (Å²) in [5.74, 6) is 1.97. The monoisotopic (exact) mass is 761 g/mol. The molecule has 1 aliphatic heterocycles. The second-order valence-corrected chi connectivity index (χ2v) is 16.8. The van der Waals surface area contributed by atoms with Gasteiger partial charge in [0.25, 0.3) is 0 Å². The molecule has 57 heavy (non-hydrogen) atoms. The predicted octanol–water partition coefficient (Wildman–Crippen LogP) is 13.7. The smallest absolute Gasteiger partial charge is 0.165 e. The lowest BCUT2D eigenvalue weighted by molar-refractivity contribution is 0.722. The number of fused-ring (bicyclic) bond motifs is 12. The summed E-state index contributed by atoms with van der Waals surface area (Å²) in [7, 11) is 0. The molecule has 3 heterocycles. The first kappa shape index (κ1) is 32.6. The van der Waals surface area contributed by atoms with Crippen LogP contribution in [-0.2, 0) is 5.41 Å². The van der Waals surface area contributed by atoms with E-state index in [-0.39, 0.29) is 0 Å². The largest absolute Gasteiger partial charge is 0.208 e. The molecule has 1 aliphatic carbocycles. The van der Waals surface area contributed by atoms with Crippen molar-refractivity contribution in [3.63, 3.8) is 0 Å². The van der Waals surface area contributed by atoms with Crippen LogP contribution in [0.4, 0.5) is 0 Å². The molecule has 10 aromatic rings. The molecule has 0 amide bonds. The molecule has 0 bridgehead atoms. The van der Waals surface area contributed by atoms with Crippen molar-refractivity contribution in [2.75, 3.05) is 0 Å². The summed E-state index contributed by atoms with van der Waals surface area (Å²) in [5.41, 5.74) is 12.4. The minimum Gasteiger partial charge on any atom is -0.208 e. The molecule has 0 radical (unpaired) electrons. The van der Waals surface area contributed by atoms with Gasteiger partial charge >= 0.3 is 0 Å². The van der Waals surface area contributed by atoms with Crippen LogP contribution in [0.15, 0.2) is 198 Å². The Morgan fingerprint density at radius 3 is 1.70 bits per heavy atom. The third-order valence-corrected chi connectivity index (χ3v) is 14.0. The Morgan fingerprint density at radius 1 is 0.351 bits per heavy atom. The van der Waals surface area contributed by atoms with E-state index in [0.717, 1.165) is 27.8 Å². The Bertz CT molecular complexity index is 3190. The van der Waals surface area contributed by atoms with Gasteiger partial charge in [0.05, 0.1) is 5.41 Å². The lowest BCUT2D eigenvalue weighted by Crippen LogP contribution is -2.31. The molecule has 8 aromatic carbocycles. The van der Waals surface area contributed by atoms with Crippen molar-refractivity contribution >= 4 is 43.3 Å². The van der Waals surface area contributed by atoms with Crippen molar-refractivity contribution in [2.45, 2.75) is 15.2 Å². The summed E-state index contributed by atoms with van der Waals surface area (Å²) < 4.78 is 2.43. The van der Waals surface area contributed by atoms with Crippen LogP contribution < -0.4 is 0 Å². The van der Waals surface area contributed by atoms with Crippen LogP contribution in [-0.4, -0.2) is 15.0 Å². The van der Waals surface area contributed by atoms with Crippen LogP contribution in [0.2, 0.25) is 0 Å². The van der Waals surface area contributed by atoms with Crippen LogP contribution in [0, 0.1) is 0 Å². The SMILES string of the molecule is c1ccc(-c2ccccc2-c2nc(-c3ccc4c(c3)-c3ccccc3C43c4ccccc4Sc4ccccc43)nc(-c3cccc4c3sc3ccccc34)n2)cc1. The predicted molar refractivity (Wildman–Crippen MR) is 236 cm³/mol. The maximum Gasteiger partial charge on any atom is 0.165 e. The first-order valence-electron chi connectivity index (χ1n) is 19.2. The zero-order valence-corrected chi connectivity index (χ0v) is 32.2. The first-order valence-corrected chi connectivity index (χ1v) is 20.8. The standard InChI is InChI=1S/C52H31N3S2/c1-2-15-32(16-3-1)34-17-4-5-20-38(34)50-53-49(54-51(55-50)39-22-14-21-37-36-19-7-11-26-45(36)57-48(37)39)33-29-30-42-40(31-33)35-18-6-8-23-41(35)52(42)43-24-9-12-27-46(43)56-47-28-13-10-25-44(47)52/h1-31H. The van der Waals surface area contributed by atoms with Gasteiger partial charge in [-0.05, 0) is 74.8 Å². The molecule has 0 N–H and O–H groups in total. The summed E-state index contributed by atoms with van der Waals surface area (Å²) in [5, 5.41) is 2.46. The van der Waals surface area contributed by atoms with E-state index in [4.69, 9.17) is 15.0 Å². The molecule has 0 unspecified atom stereocenters. The van der Waals surface area contributed by atoms with Gasteiger partial charge in [0, 0.05) is 46.7 Å². The zero-order valence-electron chi connectivity index (χ0n) is 30.6. The molecule has 3 nitrogen and oxygen atoms in total. The number of hydrogen-bond donors (Lipinski definition) is 0. The van der Waals surface area contributed by atoms with Crippen molar-refractivity contribution < 1.29 is 0 Å². The molecule has 2 aliphatic rings. The van der Waals surface area contributed by atoms with E-state index in [9.17, 15) is 0 Å². The molecule has 12 rings (SSSR count). The summed E-state index contributed by atoms with van der Waals surface area (Å²) in [6.07, 6.45) is 0. The fourth-order valence-electron chi connectivity index (χ4n) is 9.21. The maximum atomic E-state index is 5.36. The Labute approximate surface area is 338 Å². The van der Waals surface area contributed by atoms with Gasteiger partial charge in [0.2, 0.25) is 0 Å². The lowest BCUT2D eigenvalue weighted by Gasteiger charge is -2.39. The van der Waals surface area contributed by atoms with E-state index in [1.165, 1.54) is 63.3 Å². The highest BCUT2D eigenvalue weighted by Crippen LogP contribution is 2.62. The quantitative estimate of drug-likeness (QED) is 0.179. The van der Waals surface area contributed by atoms with Gasteiger partial charge in [-0.2, -0.15) is 0 Å². The Hall–Kier alpha value is -6.66. The fraction of sp³-hybridized carbons (Fsp3) is 0.0192. The van der Waals surface area contributed by atoms with E-state index in [2.05, 4.69) is 188 Å². The van der Waals surface area contributed by atoms with Gasteiger partial charge < -0.3 is 0 Å². The molecular weight excluding hydrogens is 731 g/mol. The first-order chi connectivity index (χ1) is 28.3. The Morgan fingerprint density at radius 2 is 0.912 bits per heavy atom. The number of hydrogen-bond acceptors (Lipinski definition) is 5. The number of benzene rings is 8. The second kappa shape index (κ2) is 12.7. The molecule has 0 fully saturated rings. The molecule has 1 spiro atoms. The van der Waals surface area contributed by atoms with Gasteiger partial charge in [-0.15, -0.1) is 11.3 Å². The summed E-state index contributed by atoms with van der Waals surface area (Å²) in [6.45, 7) is 0. The third-order valence-electron chi connectivity index (χ3n) is 11.6. The molecule has 2 aromatic heterocycles. The van der Waals surface area contributed by atoms with Crippen LogP contribution in [0.3, 0.4) is 0 Å².